The highest BCUT2D eigenvalue weighted by atomic mass is 16.5. The van der Waals surface area contributed by atoms with Crippen molar-refractivity contribution in [1.29, 1.82) is 0 Å². The summed E-state index contributed by atoms with van der Waals surface area (Å²) in [4.78, 5) is 26.0. The molecular weight excluding hydrogens is 368 g/mol. The second-order valence-electron chi connectivity index (χ2n) is 7.23. The summed E-state index contributed by atoms with van der Waals surface area (Å²) < 4.78 is 5.29. The second kappa shape index (κ2) is 9.93. The SMILES string of the molecule is COc1cc(NC(=O)NC2CCN(Cc3ccccc3)CC2)ccc1NC(C)=O. The molecule has 0 radical (unpaired) electrons. The van der Waals surface area contributed by atoms with Gasteiger partial charge >= 0.3 is 6.03 Å². The van der Waals surface area contributed by atoms with E-state index in [2.05, 4.69) is 45.1 Å². The number of ether oxygens (including phenoxy) is 1. The first kappa shape index (κ1) is 20.7. The Balaban J connectivity index is 1.47. The van der Waals surface area contributed by atoms with Crippen molar-refractivity contribution in [2.75, 3.05) is 30.8 Å². The Hall–Kier alpha value is -3.06. The number of carbonyl (C=O) groups is 2. The van der Waals surface area contributed by atoms with Gasteiger partial charge in [0.25, 0.3) is 0 Å². The summed E-state index contributed by atoms with van der Waals surface area (Å²) in [7, 11) is 1.52. The van der Waals surface area contributed by atoms with Crippen LogP contribution in [-0.2, 0) is 11.3 Å². The number of nitrogens with one attached hydrogen (secondary N) is 3. The van der Waals surface area contributed by atoms with Gasteiger partial charge in [0.1, 0.15) is 5.75 Å². The molecule has 1 heterocycles. The van der Waals surface area contributed by atoms with Crippen LogP contribution in [0.4, 0.5) is 16.2 Å². The smallest absolute Gasteiger partial charge is 0.319 e. The minimum atomic E-state index is -0.235. The average Bonchev–Trinajstić information content (AvgIpc) is 2.71. The molecule has 0 aromatic heterocycles. The topological polar surface area (TPSA) is 82.7 Å². The monoisotopic (exact) mass is 396 g/mol. The van der Waals surface area contributed by atoms with Crippen LogP contribution >= 0.6 is 0 Å². The minimum Gasteiger partial charge on any atom is -0.494 e. The molecule has 154 valence electrons. The van der Waals surface area contributed by atoms with Gasteiger partial charge in [-0.05, 0) is 30.5 Å². The summed E-state index contributed by atoms with van der Waals surface area (Å²) in [5, 5.41) is 8.58. The predicted molar refractivity (Wildman–Crippen MR) is 114 cm³/mol. The normalized spacial score (nSPS) is 14.8. The van der Waals surface area contributed by atoms with Gasteiger partial charge in [-0.15, -0.1) is 0 Å². The summed E-state index contributed by atoms with van der Waals surface area (Å²) in [5.41, 5.74) is 2.49. The summed E-state index contributed by atoms with van der Waals surface area (Å²) in [6, 6.07) is 15.5. The van der Waals surface area contributed by atoms with Crippen LogP contribution in [-0.4, -0.2) is 43.1 Å². The lowest BCUT2D eigenvalue weighted by atomic mass is 10.0. The molecule has 3 N–H and O–H groups in total. The molecule has 29 heavy (non-hydrogen) atoms. The number of methoxy groups -OCH3 is 1. The summed E-state index contributed by atoms with van der Waals surface area (Å²) >= 11 is 0. The first-order chi connectivity index (χ1) is 14.0. The molecule has 0 saturated carbocycles. The van der Waals surface area contributed by atoms with Crippen LogP contribution in [0.25, 0.3) is 0 Å². The van der Waals surface area contributed by atoms with E-state index in [1.54, 1.807) is 18.2 Å². The molecule has 1 saturated heterocycles. The molecule has 0 spiro atoms. The Morgan fingerprint density at radius 2 is 1.79 bits per heavy atom. The summed E-state index contributed by atoms with van der Waals surface area (Å²) in [5.74, 6) is 0.313. The number of piperidine rings is 1. The molecule has 1 fully saturated rings. The molecule has 0 atom stereocenters. The number of hydrogen-bond acceptors (Lipinski definition) is 4. The van der Waals surface area contributed by atoms with Crippen molar-refractivity contribution in [3.63, 3.8) is 0 Å². The molecule has 1 aliphatic heterocycles. The van der Waals surface area contributed by atoms with Crippen molar-refractivity contribution in [3.05, 3.63) is 54.1 Å². The van der Waals surface area contributed by atoms with Crippen LogP contribution in [0.1, 0.15) is 25.3 Å². The van der Waals surface area contributed by atoms with Gasteiger partial charge in [0.05, 0.1) is 12.8 Å². The standard InChI is InChI=1S/C22H28N4O3/c1-16(27)23-20-9-8-19(14-21(20)29-2)25-22(28)24-18-10-12-26(13-11-18)15-17-6-4-3-5-7-17/h3-9,14,18H,10-13,15H2,1-2H3,(H,23,27)(H2,24,25,28). The maximum absolute atomic E-state index is 12.4. The van der Waals surface area contributed by atoms with Crippen molar-refractivity contribution in [3.8, 4) is 5.75 Å². The van der Waals surface area contributed by atoms with E-state index in [9.17, 15) is 9.59 Å². The van der Waals surface area contributed by atoms with Crippen LogP contribution in [0.2, 0.25) is 0 Å². The third-order valence-electron chi connectivity index (χ3n) is 4.94. The predicted octanol–water partition coefficient (Wildman–Crippen LogP) is 3.44. The molecule has 1 aliphatic rings. The Morgan fingerprint density at radius 1 is 1.07 bits per heavy atom. The fourth-order valence-electron chi connectivity index (χ4n) is 3.49. The van der Waals surface area contributed by atoms with Crippen molar-refractivity contribution in [2.45, 2.75) is 32.4 Å². The molecule has 2 aromatic rings. The first-order valence-electron chi connectivity index (χ1n) is 9.83. The van der Waals surface area contributed by atoms with Gasteiger partial charge in [-0.25, -0.2) is 4.79 Å². The quantitative estimate of drug-likeness (QED) is 0.699. The highest BCUT2D eigenvalue weighted by molar-refractivity contribution is 5.93. The van der Waals surface area contributed by atoms with Gasteiger partial charge in [0.15, 0.2) is 0 Å². The molecule has 7 nitrogen and oxygen atoms in total. The zero-order chi connectivity index (χ0) is 20.6. The highest BCUT2D eigenvalue weighted by Gasteiger charge is 2.21. The Bertz CT molecular complexity index is 833. The Kier molecular flexibility index (Phi) is 7.08. The number of likely N-dealkylation sites (tertiary alicyclic amines) is 1. The van der Waals surface area contributed by atoms with E-state index in [0.717, 1.165) is 32.5 Å². The van der Waals surface area contributed by atoms with Crippen LogP contribution in [0.5, 0.6) is 5.75 Å². The summed E-state index contributed by atoms with van der Waals surface area (Å²) in [6.07, 6.45) is 1.84. The third kappa shape index (κ3) is 6.22. The van der Waals surface area contributed by atoms with Gasteiger partial charge in [0, 0.05) is 44.4 Å². The van der Waals surface area contributed by atoms with Crippen molar-refractivity contribution in [2.24, 2.45) is 0 Å². The Morgan fingerprint density at radius 3 is 2.45 bits per heavy atom. The van der Waals surface area contributed by atoms with E-state index in [-0.39, 0.29) is 18.0 Å². The maximum atomic E-state index is 12.4. The number of rotatable bonds is 6. The second-order valence-corrected chi connectivity index (χ2v) is 7.23. The molecule has 2 aromatic carbocycles. The molecular formula is C22H28N4O3. The number of nitrogens with zero attached hydrogens (tertiary/aromatic N) is 1. The zero-order valence-electron chi connectivity index (χ0n) is 16.9. The van der Waals surface area contributed by atoms with Crippen molar-refractivity contribution < 1.29 is 14.3 Å². The Labute approximate surface area is 171 Å². The van der Waals surface area contributed by atoms with E-state index in [1.807, 2.05) is 6.07 Å². The number of carbonyl (C=O) groups excluding carboxylic acids is 2. The lowest BCUT2D eigenvalue weighted by molar-refractivity contribution is -0.114. The van der Waals surface area contributed by atoms with E-state index in [1.165, 1.54) is 19.6 Å². The lowest BCUT2D eigenvalue weighted by Crippen LogP contribution is -2.45. The maximum Gasteiger partial charge on any atom is 0.319 e. The van der Waals surface area contributed by atoms with Gasteiger partial charge in [-0.2, -0.15) is 0 Å². The molecule has 7 heteroatoms. The van der Waals surface area contributed by atoms with Crippen LogP contribution in [0.3, 0.4) is 0 Å². The van der Waals surface area contributed by atoms with Gasteiger partial charge in [-0.1, -0.05) is 30.3 Å². The molecule has 3 amide bonds. The van der Waals surface area contributed by atoms with E-state index < -0.39 is 0 Å². The highest BCUT2D eigenvalue weighted by Crippen LogP contribution is 2.28. The number of anilines is 2. The molecule has 0 aliphatic carbocycles. The van der Waals surface area contributed by atoms with Crippen LogP contribution in [0.15, 0.2) is 48.5 Å². The van der Waals surface area contributed by atoms with Crippen LogP contribution in [0, 0.1) is 0 Å². The first-order valence-corrected chi connectivity index (χ1v) is 9.83. The van der Waals surface area contributed by atoms with Crippen LogP contribution < -0.4 is 20.7 Å². The molecule has 0 bridgehead atoms. The van der Waals surface area contributed by atoms with Gasteiger partial charge < -0.3 is 20.7 Å². The van der Waals surface area contributed by atoms with E-state index in [4.69, 9.17) is 4.74 Å². The fourth-order valence-corrected chi connectivity index (χ4v) is 3.49. The largest absolute Gasteiger partial charge is 0.494 e. The van der Waals surface area contributed by atoms with Gasteiger partial charge in [-0.3, -0.25) is 9.69 Å². The van der Waals surface area contributed by atoms with Crippen molar-refractivity contribution >= 4 is 23.3 Å². The number of hydrogen-bond donors (Lipinski definition) is 3. The molecule has 0 unspecified atom stereocenters. The zero-order valence-corrected chi connectivity index (χ0v) is 16.9. The minimum absolute atomic E-state index is 0.155. The van der Waals surface area contributed by atoms with Crippen molar-refractivity contribution in [1.82, 2.24) is 10.2 Å². The average molecular weight is 396 g/mol. The lowest BCUT2D eigenvalue weighted by Gasteiger charge is -2.32. The number of urea groups is 1. The fraction of sp³-hybridized carbons (Fsp3) is 0.364. The van der Waals surface area contributed by atoms with E-state index in [0.29, 0.717) is 17.1 Å². The summed E-state index contributed by atoms with van der Waals surface area (Å²) in [6.45, 7) is 4.29. The number of benzene rings is 2. The van der Waals surface area contributed by atoms with Gasteiger partial charge in [0.2, 0.25) is 5.91 Å². The third-order valence-corrected chi connectivity index (χ3v) is 4.94. The van der Waals surface area contributed by atoms with E-state index >= 15 is 0 Å². The molecule has 3 rings (SSSR count). The number of amides is 3.